The molecule has 0 amide bonds. The summed E-state index contributed by atoms with van der Waals surface area (Å²) in [6, 6.07) is 11.5. The zero-order valence-electron chi connectivity index (χ0n) is 13.5. The highest BCUT2D eigenvalue weighted by atomic mass is 32.2. The number of benzene rings is 2. The Morgan fingerprint density at radius 2 is 2.00 bits per heavy atom. The van der Waals surface area contributed by atoms with Crippen molar-refractivity contribution in [1.82, 2.24) is 9.55 Å². The molecule has 0 spiro atoms. The van der Waals surface area contributed by atoms with Crippen LogP contribution in [0.3, 0.4) is 0 Å². The molecule has 1 heterocycles. The summed E-state index contributed by atoms with van der Waals surface area (Å²) in [5.74, 6) is -1.10. The Labute approximate surface area is 143 Å². The van der Waals surface area contributed by atoms with E-state index in [1.54, 1.807) is 7.11 Å². The highest BCUT2D eigenvalue weighted by molar-refractivity contribution is 7.99. The molecule has 3 rings (SSSR count). The molecule has 0 fully saturated rings. The molecule has 126 valence electrons. The van der Waals surface area contributed by atoms with Crippen molar-refractivity contribution in [1.29, 1.82) is 0 Å². The van der Waals surface area contributed by atoms with Gasteiger partial charge in [0, 0.05) is 30.5 Å². The maximum absolute atomic E-state index is 14.0. The number of methoxy groups -OCH3 is 1. The van der Waals surface area contributed by atoms with Gasteiger partial charge in [-0.15, -0.1) is 0 Å². The average molecular weight is 348 g/mol. The third-order valence-electron chi connectivity index (χ3n) is 3.82. The van der Waals surface area contributed by atoms with Crippen molar-refractivity contribution in [3.05, 3.63) is 59.7 Å². The third-order valence-corrected chi connectivity index (χ3v) is 4.95. The van der Waals surface area contributed by atoms with Crippen LogP contribution in [0.25, 0.3) is 11.0 Å². The molecule has 0 saturated heterocycles. The topological polar surface area (TPSA) is 27.1 Å². The molecule has 0 bridgehead atoms. The van der Waals surface area contributed by atoms with Crippen molar-refractivity contribution in [2.45, 2.75) is 23.9 Å². The minimum atomic E-state index is -0.569. The lowest BCUT2D eigenvalue weighted by atomic mass is 10.1. The van der Waals surface area contributed by atoms with E-state index in [-0.39, 0.29) is 5.25 Å². The number of para-hydroxylation sites is 2. The summed E-state index contributed by atoms with van der Waals surface area (Å²) in [7, 11) is 1.66. The Hall–Kier alpha value is -1.92. The summed E-state index contributed by atoms with van der Waals surface area (Å²) < 4.78 is 34.4. The molecule has 0 saturated carbocycles. The van der Waals surface area contributed by atoms with Crippen molar-refractivity contribution >= 4 is 22.8 Å². The fourth-order valence-corrected chi connectivity index (χ4v) is 3.70. The normalized spacial score (nSPS) is 12.7. The second-order valence-corrected chi connectivity index (χ2v) is 6.76. The second-order valence-electron chi connectivity index (χ2n) is 5.45. The Morgan fingerprint density at radius 3 is 2.75 bits per heavy atom. The van der Waals surface area contributed by atoms with Gasteiger partial charge < -0.3 is 9.30 Å². The molecule has 6 heteroatoms. The van der Waals surface area contributed by atoms with Crippen LogP contribution in [0.1, 0.15) is 17.7 Å². The predicted octanol–water partition coefficient (Wildman–Crippen LogP) is 4.81. The van der Waals surface area contributed by atoms with E-state index in [9.17, 15) is 8.78 Å². The molecule has 0 N–H and O–H groups in total. The molecule has 24 heavy (non-hydrogen) atoms. The van der Waals surface area contributed by atoms with Gasteiger partial charge >= 0.3 is 0 Å². The first-order chi connectivity index (χ1) is 11.6. The van der Waals surface area contributed by atoms with Gasteiger partial charge in [-0.3, -0.25) is 0 Å². The third kappa shape index (κ3) is 3.44. The van der Waals surface area contributed by atoms with Crippen LogP contribution in [-0.4, -0.2) is 23.3 Å². The summed E-state index contributed by atoms with van der Waals surface area (Å²) in [6.45, 7) is 3.12. The molecule has 3 nitrogen and oxygen atoms in total. The average Bonchev–Trinajstić information content (AvgIpc) is 2.89. The van der Waals surface area contributed by atoms with E-state index in [1.807, 2.05) is 31.2 Å². The maximum atomic E-state index is 14.0. The Morgan fingerprint density at radius 1 is 1.21 bits per heavy atom. The summed E-state index contributed by atoms with van der Waals surface area (Å²) >= 11 is 1.45. The lowest BCUT2D eigenvalue weighted by Gasteiger charge is -2.14. The number of thioether (sulfide) groups is 1. The van der Waals surface area contributed by atoms with E-state index in [0.29, 0.717) is 18.7 Å². The number of hydrogen-bond acceptors (Lipinski definition) is 3. The van der Waals surface area contributed by atoms with Gasteiger partial charge in [0.1, 0.15) is 11.6 Å². The maximum Gasteiger partial charge on any atom is 0.169 e. The molecule has 1 unspecified atom stereocenters. The van der Waals surface area contributed by atoms with Gasteiger partial charge in [0.2, 0.25) is 0 Å². The summed E-state index contributed by atoms with van der Waals surface area (Å²) in [6.07, 6.45) is 0. The van der Waals surface area contributed by atoms with Gasteiger partial charge in [0.15, 0.2) is 5.16 Å². The lowest BCUT2D eigenvalue weighted by molar-refractivity contribution is 0.186. The van der Waals surface area contributed by atoms with Crippen molar-refractivity contribution in [3.8, 4) is 0 Å². The van der Waals surface area contributed by atoms with Crippen molar-refractivity contribution in [2.75, 3.05) is 13.7 Å². The number of fused-ring (bicyclic) bond motifs is 1. The number of aromatic nitrogens is 2. The number of hydrogen-bond donors (Lipinski definition) is 0. The smallest absolute Gasteiger partial charge is 0.169 e. The Balaban J connectivity index is 1.93. The SMILES string of the molecule is COCCn1c(SC(C)c2ccc(F)cc2F)nc2ccccc21. The first kappa shape index (κ1) is 16.9. The van der Waals surface area contributed by atoms with Crippen molar-refractivity contribution in [2.24, 2.45) is 0 Å². The monoisotopic (exact) mass is 348 g/mol. The fraction of sp³-hybridized carbons (Fsp3) is 0.278. The standard InChI is InChI=1S/C18H18F2N2OS/c1-12(14-8-7-13(19)11-15(14)20)24-18-21-16-5-3-4-6-17(16)22(18)9-10-23-2/h3-8,11-12H,9-10H2,1-2H3. The minimum absolute atomic E-state index is 0.191. The summed E-state index contributed by atoms with van der Waals surface area (Å²) in [5, 5.41) is 0.605. The van der Waals surface area contributed by atoms with E-state index in [4.69, 9.17) is 4.74 Å². The van der Waals surface area contributed by atoms with Crippen LogP contribution in [0.4, 0.5) is 8.78 Å². The number of imidazole rings is 1. The van der Waals surface area contributed by atoms with Crippen molar-refractivity contribution in [3.63, 3.8) is 0 Å². The fourth-order valence-electron chi connectivity index (χ4n) is 2.59. The van der Waals surface area contributed by atoms with Gasteiger partial charge in [-0.1, -0.05) is 30.0 Å². The first-order valence-electron chi connectivity index (χ1n) is 7.66. The van der Waals surface area contributed by atoms with E-state index >= 15 is 0 Å². The summed E-state index contributed by atoms with van der Waals surface area (Å²) in [5.41, 5.74) is 2.37. The van der Waals surface area contributed by atoms with Crippen LogP contribution in [0.2, 0.25) is 0 Å². The highest BCUT2D eigenvalue weighted by Crippen LogP contribution is 2.37. The summed E-state index contributed by atoms with van der Waals surface area (Å²) in [4.78, 5) is 4.65. The molecule has 3 aromatic rings. The zero-order chi connectivity index (χ0) is 17.1. The van der Waals surface area contributed by atoms with E-state index in [2.05, 4.69) is 9.55 Å². The quantitative estimate of drug-likeness (QED) is 0.598. The Kier molecular flexibility index (Phi) is 5.16. The highest BCUT2D eigenvalue weighted by Gasteiger charge is 2.18. The van der Waals surface area contributed by atoms with E-state index in [0.717, 1.165) is 22.3 Å². The van der Waals surface area contributed by atoms with E-state index in [1.165, 1.54) is 23.9 Å². The van der Waals surface area contributed by atoms with Crippen LogP contribution < -0.4 is 0 Å². The van der Waals surface area contributed by atoms with Crippen LogP contribution in [0, 0.1) is 11.6 Å². The lowest BCUT2D eigenvalue weighted by Crippen LogP contribution is -2.06. The number of nitrogens with zero attached hydrogens (tertiary/aromatic N) is 2. The van der Waals surface area contributed by atoms with Gasteiger partial charge in [-0.05, 0) is 25.1 Å². The predicted molar refractivity (Wildman–Crippen MR) is 92.2 cm³/mol. The second kappa shape index (κ2) is 7.32. The zero-order valence-corrected chi connectivity index (χ0v) is 14.3. The Bertz CT molecular complexity index is 850. The molecule has 0 aliphatic carbocycles. The minimum Gasteiger partial charge on any atom is -0.383 e. The molecule has 1 aromatic heterocycles. The molecule has 0 radical (unpaired) electrons. The molecule has 1 atom stereocenters. The van der Waals surface area contributed by atoms with Gasteiger partial charge in [0.05, 0.1) is 17.6 Å². The van der Waals surface area contributed by atoms with Crippen molar-refractivity contribution < 1.29 is 13.5 Å². The number of ether oxygens (including phenoxy) is 1. The van der Waals surface area contributed by atoms with Gasteiger partial charge in [0.25, 0.3) is 0 Å². The number of rotatable bonds is 6. The van der Waals surface area contributed by atoms with Crippen LogP contribution >= 0.6 is 11.8 Å². The first-order valence-corrected chi connectivity index (χ1v) is 8.54. The molecule has 2 aromatic carbocycles. The molecular weight excluding hydrogens is 330 g/mol. The molecule has 0 aliphatic rings. The number of halogens is 2. The van der Waals surface area contributed by atoms with Crippen LogP contribution in [-0.2, 0) is 11.3 Å². The van der Waals surface area contributed by atoms with Crippen LogP contribution in [0.15, 0.2) is 47.6 Å². The van der Waals surface area contributed by atoms with Gasteiger partial charge in [-0.2, -0.15) is 0 Å². The molecular formula is C18H18F2N2OS. The van der Waals surface area contributed by atoms with Gasteiger partial charge in [-0.25, -0.2) is 13.8 Å². The largest absolute Gasteiger partial charge is 0.383 e. The van der Waals surface area contributed by atoms with E-state index < -0.39 is 11.6 Å². The molecule has 0 aliphatic heterocycles. The van der Waals surface area contributed by atoms with Crippen LogP contribution in [0.5, 0.6) is 0 Å².